The van der Waals surface area contributed by atoms with Crippen LogP contribution in [-0.2, 0) is 10.9 Å². The minimum absolute atomic E-state index is 1.68. The fourth-order valence-electron chi connectivity index (χ4n) is 0.0333. The van der Waals surface area contributed by atoms with Gasteiger partial charge in [0.25, 0.3) is 10.9 Å². The van der Waals surface area contributed by atoms with Gasteiger partial charge in [0.05, 0.1) is 5.16 Å². The van der Waals surface area contributed by atoms with Crippen LogP contribution in [0.1, 0.15) is 0 Å². The smallest absolute Gasteiger partial charge is 0.207 e. The van der Waals surface area contributed by atoms with Gasteiger partial charge < -0.3 is 0 Å². The van der Waals surface area contributed by atoms with Gasteiger partial charge in [0, 0.05) is 0 Å². The van der Waals surface area contributed by atoms with E-state index in [0.29, 0.717) is 0 Å². The van der Waals surface area contributed by atoms with E-state index in [9.17, 15) is 8.42 Å². The molecular weight excluding hydrogens is 122 g/mol. The Morgan fingerprint density at radius 1 is 1.67 bits per heavy atom. The van der Waals surface area contributed by atoms with Gasteiger partial charge in [0.1, 0.15) is 0 Å². The van der Waals surface area contributed by atoms with Crippen molar-refractivity contribution in [2.24, 2.45) is 4.40 Å². The molecule has 3 nitrogen and oxygen atoms in total. The van der Waals surface area contributed by atoms with E-state index in [0.717, 1.165) is 0 Å². The quantitative estimate of drug-likeness (QED) is 0.293. The summed E-state index contributed by atoms with van der Waals surface area (Å²) >= 11 is 3.93. The monoisotopic (exact) mass is 123 g/mol. The Morgan fingerprint density at radius 2 is 2.17 bits per heavy atom. The standard InChI is InChI=1S/CHNO2S2/c3-6(4)2-1-5/h6H. The van der Waals surface area contributed by atoms with Gasteiger partial charge in [0.2, 0.25) is 0 Å². The summed E-state index contributed by atoms with van der Waals surface area (Å²) in [7, 11) is -2.69. The highest BCUT2D eigenvalue weighted by Crippen LogP contribution is 1.55. The molecule has 0 bridgehead atoms. The molecule has 0 rings (SSSR count). The van der Waals surface area contributed by atoms with Crippen molar-refractivity contribution >= 4 is 28.3 Å². The second-order valence-corrected chi connectivity index (χ2v) is 1.29. The van der Waals surface area contributed by atoms with Crippen LogP contribution in [-0.4, -0.2) is 13.6 Å². The van der Waals surface area contributed by atoms with Crippen LogP contribution in [0.4, 0.5) is 0 Å². The van der Waals surface area contributed by atoms with Crippen LogP contribution in [0.2, 0.25) is 0 Å². The summed E-state index contributed by atoms with van der Waals surface area (Å²) < 4.78 is 21.3. The molecule has 0 spiro atoms. The lowest BCUT2D eigenvalue weighted by Gasteiger charge is -1.51. The minimum Gasteiger partial charge on any atom is -0.207 e. The molecule has 0 unspecified atom stereocenters. The zero-order valence-electron chi connectivity index (χ0n) is 2.62. The first-order valence-electron chi connectivity index (χ1n) is 0.993. The molecule has 0 aromatic rings. The summed E-state index contributed by atoms with van der Waals surface area (Å²) in [5.41, 5.74) is 0. The van der Waals surface area contributed by atoms with Crippen LogP contribution >= 0.6 is 12.2 Å². The number of thiocarbonyl (C=S) groups is 1. The first kappa shape index (κ1) is 5.75. The lowest BCUT2D eigenvalue weighted by atomic mass is 11.8. The van der Waals surface area contributed by atoms with E-state index in [2.05, 4.69) is 16.6 Å². The number of hydrogen-bond donors (Lipinski definition) is 1. The molecule has 0 aliphatic carbocycles. The molecule has 0 saturated carbocycles. The lowest BCUT2D eigenvalue weighted by Crippen LogP contribution is -1.58. The molecule has 0 saturated heterocycles. The van der Waals surface area contributed by atoms with Crippen molar-refractivity contribution in [3.63, 3.8) is 0 Å². The molecular formula is CHNO2S2. The van der Waals surface area contributed by atoms with Gasteiger partial charge >= 0.3 is 0 Å². The Kier molecular flexibility index (Phi) is 2.84. The summed E-state index contributed by atoms with van der Waals surface area (Å²) in [6, 6.07) is 0. The normalized spacial score (nSPS) is 7.50. The number of rotatable bonds is 1. The zero-order valence-corrected chi connectivity index (χ0v) is 4.33. The van der Waals surface area contributed by atoms with Crippen molar-refractivity contribution in [3.8, 4) is 0 Å². The van der Waals surface area contributed by atoms with E-state index in [1.165, 1.54) is 0 Å². The van der Waals surface area contributed by atoms with Crippen molar-refractivity contribution < 1.29 is 8.42 Å². The first-order valence-corrected chi connectivity index (χ1v) is 2.53. The summed E-state index contributed by atoms with van der Waals surface area (Å²) in [6.45, 7) is 0. The number of hydrogen-bond acceptors (Lipinski definition) is 3. The second kappa shape index (κ2) is 2.96. The molecule has 0 amide bonds. The predicted octanol–water partition coefficient (Wildman–Crippen LogP) is -0.384. The van der Waals surface area contributed by atoms with Crippen LogP contribution in [0.3, 0.4) is 0 Å². The molecule has 6 heavy (non-hydrogen) atoms. The van der Waals surface area contributed by atoms with Crippen LogP contribution in [0, 0.1) is 0 Å². The van der Waals surface area contributed by atoms with Gasteiger partial charge in [0.15, 0.2) is 0 Å². The highest BCUT2D eigenvalue weighted by molar-refractivity contribution is 7.79. The van der Waals surface area contributed by atoms with Crippen molar-refractivity contribution in [1.29, 1.82) is 0 Å². The maximum Gasteiger partial charge on any atom is 0.251 e. The van der Waals surface area contributed by atoms with Crippen LogP contribution in [0.5, 0.6) is 0 Å². The summed E-state index contributed by atoms with van der Waals surface area (Å²) in [5.74, 6) is 0. The number of isothiocyanates is 1. The van der Waals surface area contributed by atoms with Gasteiger partial charge in [-0.1, -0.05) is 0 Å². The van der Waals surface area contributed by atoms with Gasteiger partial charge in [-0.25, -0.2) is 8.42 Å². The zero-order chi connectivity index (χ0) is 4.99. The van der Waals surface area contributed by atoms with Gasteiger partial charge in [-0.15, -0.1) is 4.40 Å². The average Bonchev–Trinajstić information content (AvgIpc) is 1.35. The van der Waals surface area contributed by atoms with Crippen molar-refractivity contribution in [2.75, 3.05) is 0 Å². The molecule has 5 heteroatoms. The maximum atomic E-state index is 9.34. The van der Waals surface area contributed by atoms with Gasteiger partial charge in [-0.2, -0.15) is 0 Å². The maximum absolute atomic E-state index is 9.34. The first-order chi connectivity index (χ1) is 2.77. The summed E-state index contributed by atoms with van der Waals surface area (Å²) in [4.78, 5) is 0. The van der Waals surface area contributed by atoms with E-state index < -0.39 is 10.9 Å². The average molecular weight is 123 g/mol. The van der Waals surface area contributed by atoms with E-state index in [4.69, 9.17) is 0 Å². The number of thiol groups is 1. The topological polar surface area (TPSA) is 46.5 Å². The van der Waals surface area contributed by atoms with E-state index in [-0.39, 0.29) is 0 Å². The fourth-order valence-corrected chi connectivity index (χ4v) is 0.300. The molecule has 0 atom stereocenters. The van der Waals surface area contributed by atoms with E-state index in [1.807, 2.05) is 0 Å². The van der Waals surface area contributed by atoms with Crippen molar-refractivity contribution in [3.05, 3.63) is 0 Å². The Bertz CT molecular complexity index is 134. The van der Waals surface area contributed by atoms with Crippen LogP contribution in [0.15, 0.2) is 4.40 Å². The SMILES string of the molecule is O=[SH](=O)N=C=S. The van der Waals surface area contributed by atoms with Gasteiger partial charge in [-0.3, -0.25) is 0 Å². The molecule has 0 fully saturated rings. The molecule has 34 valence electrons. The Morgan fingerprint density at radius 3 is 2.17 bits per heavy atom. The predicted molar refractivity (Wildman–Crippen MR) is 25.3 cm³/mol. The molecule has 0 aliphatic rings. The van der Waals surface area contributed by atoms with Crippen LogP contribution < -0.4 is 0 Å². The summed E-state index contributed by atoms with van der Waals surface area (Å²) in [6.07, 6.45) is 0. The van der Waals surface area contributed by atoms with Crippen molar-refractivity contribution in [2.45, 2.75) is 0 Å². The molecule has 0 heterocycles. The van der Waals surface area contributed by atoms with E-state index in [1.54, 1.807) is 5.16 Å². The van der Waals surface area contributed by atoms with Gasteiger partial charge in [-0.05, 0) is 12.2 Å². The molecule has 0 radical (unpaired) electrons. The van der Waals surface area contributed by atoms with E-state index >= 15 is 0 Å². The molecule has 0 aromatic carbocycles. The highest BCUT2D eigenvalue weighted by Gasteiger charge is 1.59. The second-order valence-electron chi connectivity index (χ2n) is 0.429. The van der Waals surface area contributed by atoms with Crippen molar-refractivity contribution in [1.82, 2.24) is 0 Å². The lowest BCUT2D eigenvalue weighted by molar-refractivity contribution is 0.616. The summed E-state index contributed by atoms with van der Waals surface area (Å²) in [5, 5.41) is 1.68. The molecule has 0 aromatic heterocycles. The Balaban J connectivity index is 3.98. The largest absolute Gasteiger partial charge is 0.251 e. The Labute approximate surface area is 41.8 Å². The Hall–Kier alpha value is -0.250. The molecule has 0 N–H and O–H groups in total. The highest BCUT2D eigenvalue weighted by atomic mass is 32.2. The van der Waals surface area contributed by atoms with Crippen LogP contribution in [0.25, 0.3) is 0 Å². The third-order valence-electron chi connectivity index (χ3n) is 0.122. The third kappa shape index (κ3) is 3.75. The third-order valence-corrected chi connectivity index (χ3v) is 0.612. The fraction of sp³-hybridized carbons (Fsp3) is 0. The minimum atomic E-state index is -2.69. The molecule has 0 aliphatic heterocycles. The number of nitrogens with zero attached hydrogens (tertiary/aromatic N) is 1.